The molecule has 84 valence electrons. The van der Waals surface area contributed by atoms with Gasteiger partial charge in [-0.05, 0) is 29.5 Å². The van der Waals surface area contributed by atoms with E-state index in [1.165, 1.54) is 5.56 Å². The van der Waals surface area contributed by atoms with Crippen LogP contribution in [0.1, 0.15) is 26.3 Å². The van der Waals surface area contributed by atoms with Crippen LogP contribution < -0.4 is 4.72 Å². The van der Waals surface area contributed by atoms with Crippen molar-refractivity contribution < 1.29 is 8.42 Å². The maximum absolute atomic E-state index is 10.4. The molecule has 3 nitrogen and oxygen atoms in total. The number of thiol groups is 1. The molecule has 0 aliphatic heterocycles. The second-order valence-electron chi connectivity index (χ2n) is 4.80. The Morgan fingerprint density at radius 3 is 2.07 bits per heavy atom. The molecule has 0 aromatic heterocycles. The van der Waals surface area contributed by atoms with Gasteiger partial charge in [-0.15, -0.1) is 0 Å². The third kappa shape index (κ3) is 4.83. The molecule has 0 amide bonds. The molecule has 15 heavy (non-hydrogen) atoms. The highest BCUT2D eigenvalue weighted by Gasteiger charge is 2.10. The molecule has 0 aliphatic rings. The Kier molecular flexibility index (Phi) is 3.74. The van der Waals surface area contributed by atoms with E-state index < -0.39 is 10.9 Å². The SMILES string of the molecule is CC(C)(C)Cc1ccc(N[SH](=O)=O)cc1. The topological polar surface area (TPSA) is 46.2 Å². The molecule has 0 saturated carbocycles. The highest BCUT2D eigenvalue weighted by atomic mass is 32.2. The average Bonchev–Trinajstić information content (AvgIpc) is 2.05. The first-order valence-corrected chi connectivity index (χ1v) is 6.04. The van der Waals surface area contributed by atoms with Gasteiger partial charge in [-0.1, -0.05) is 32.9 Å². The van der Waals surface area contributed by atoms with E-state index in [4.69, 9.17) is 0 Å². The molecular weight excluding hydrogens is 210 g/mol. The number of benzene rings is 1. The van der Waals surface area contributed by atoms with Gasteiger partial charge in [-0.2, -0.15) is 0 Å². The normalized spacial score (nSPS) is 11.7. The van der Waals surface area contributed by atoms with Gasteiger partial charge >= 0.3 is 0 Å². The number of anilines is 1. The predicted octanol–water partition coefficient (Wildman–Crippen LogP) is 2.21. The molecule has 0 heterocycles. The highest BCUT2D eigenvalue weighted by Crippen LogP contribution is 2.21. The molecule has 4 heteroatoms. The van der Waals surface area contributed by atoms with Gasteiger partial charge in [0, 0.05) is 5.69 Å². The fraction of sp³-hybridized carbons (Fsp3) is 0.455. The largest absolute Gasteiger partial charge is 0.286 e. The standard InChI is InChI=1S/C11H17NO2S/c1-11(2,3)8-9-4-6-10(7-5-9)12-15(13)14/h4-7,15H,8H2,1-3H3,(H,12,13,14). The summed E-state index contributed by atoms with van der Waals surface area (Å²) in [5.74, 6) is 0. The number of rotatable bonds is 3. The van der Waals surface area contributed by atoms with Crippen molar-refractivity contribution in [3.63, 3.8) is 0 Å². The van der Waals surface area contributed by atoms with E-state index in [9.17, 15) is 8.42 Å². The van der Waals surface area contributed by atoms with Crippen LogP contribution >= 0.6 is 0 Å². The zero-order chi connectivity index (χ0) is 11.5. The van der Waals surface area contributed by atoms with Crippen LogP contribution in [0.2, 0.25) is 0 Å². The first kappa shape index (κ1) is 12.0. The van der Waals surface area contributed by atoms with Crippen molar-refractivity contribution in [2.75, 3.05) is 4.72 Å². The third-order valence-electron chi connectivity index (χ3n) is 1.91. The van der Waals surface area contributed by atoms with Crippen LogP contribution in [0.15, 0.2) is 24.3 Å². The summed E-state index contributed by atoms with van der Waals surface area (Å²) in [6.07, 6.45) is 0.983. The molecule has 1 rings (SSSR count). The van der Waals surface area contributed by atoms with Crippen LogP contribution in [-0.4, -0.2) is 8.42 Å². The summed E-state index contributed by atoms with van der Waals surface area (Å²) in [5, 5.41) is 0. The van der Waals surface area contributed by atoms with Crippen LogP contribution in [0.25, 0.3) is 0 Å². The Morgan fingerprint density at radius 1 is 1.13 bits per heavy atom. The summed E-state index contributed by atoms with van der Waals surface area (Å²) in [6.45, 7) is 6.52. The monoisotopic (exact) mass is 227 g/mol. The van der Waals surface area contributed by atoms with Crippen molar-refractivity contribution in [2.45, 2.75) is 27.2 Å². The average molecular weight is 227 g/mol. The van der Waals surface area contributed by atoms with Gasteiger partial charge in [0.15, 0.2) is 0 Å². The molecule has 0 atom stereocenters. The molecule has 0 fully saturated rings. The maximum atomic E-state index is 10.4. The quantitative estimate of drug-likeness (QED) is 0.778. The molecule has 0 unspecified atom stereocenters. The van der Waals surface area contributed by atoms with E-state index in [1.54, 1.807) is 12.1 Å². The molecule has 1 aromatic rings. The smallest absolute Gasteiger partial charge is 0.222 e. The summed E-state index contributed by atoms with van der Waals surface area (Å²) in [7, 11) is -2.56. The molecule has 0 bridgehead atoms. The fourth-order valence-electron chi connectivity index (χ4n) is 1.41. The van der Waals surface area contributed by atoms with E-state index in [-0.39, 0.29) is 5.41 Å². The lowest BCUT2D eigenvalue weighted by atomic mass is 9.88. The van der Waals surface area contributed by atoms with Crippen molar-refractivity contribution in [2.24, 2.45) is 5.41 Å². The van der Waals surface area contributed by atoms with Crippen LogP contribution in [0, 0.1) is 5.41 Å². The molecule has 0 saturated heterocycles. The van der Waals surface area contributed by atoms with Crippen LogP contribution in [0.4, 0.5) is 5.69 Å². The van der Waals surface area contributed by atoms with E-state index >= 15 is 0 Å². The molecule has 1 N–H and O–H groups in total. The molecule has 0 radical (unpaired) electrons. The summed E-state index contributed by atoms with van der Waals surface area (Å²) in [6, 6.07) is 7.47. The van der Waals surface area contributed by atoms with Crippen molar-refractivity contribution in [3.05, 3.63) is 29.8 Å². The second-order valence-corrected chi connectivity index (χ2v) is 5.54. The lowest BCUT2D eigenvalue weighted by Crippen LogP contribution is -2.09. The van der Waals surface area contributed by atoms with Crippen molar-refractivity contribution in [3.8, 4) is 0 Å². The van der Waals surface area contributed by atoms with E-state index in [2.05, 4.69) is 25.5 Å². The Morgan fingerprint density at radius 2 is 1.67 bits per heavy atom. The predicted molar refractivity (Wildman–Crippen MR) is 63.5 cm³/mol. The fourth-order valence-corrected chi connectivity index (χ4v) is 1.77. The van der Waals surface area contributed by atoms with Crippen molar-refractivity contribution in [1.82, 2.24) is 0 Å². The Labute approximate surface area is 92.6 Å². The minimum Gasteiger partial charge on any atom is -0.286 e. The number of hydrogen-bond acceptors (Lipinski definition) is 2. The Balaban J connectivity index is 2.72. The van der Waals surface area contributed by atoms with Crippen molar-refractivity contribution >= 4 is 16.6 Å². The minimum atomic E-state index is -2.56. The first-order chi connectivity index (χ1) is 6.87. The summed E-state index contributed by atoms with van der Waals surface area (Å²) in [5.41, 5.74) is 2.08. The summed E-state index contributed by atoms with van der Waals surface area (Å²) < 4.78 is 23.2. The molecule has 1 aromatic carbocycles. The second kappa shape index (κ2) is 4.66. The number of nitrogens with one attached hydrogen (secondary N) is 1. The minimum absolute atomic E-state index is 0.249. The third-order valence-corrected chi connectivity index (χ3v) is 2.35. The van der Waals surface area contributed by atoms with Gasteiger partial charge in [0.1, 0.15) is 0 Å². The lowest BCUT2D eigenvalue weighted by Gasteiger charge is -2.18. The summed E-state index contributed by atoms with van der Waals surface area (Å²) in [4.78, 5) is 0. The summed E-state index contributed by atoms with van der Waals surface area (Å²) >= 11 is 0. The van der Waals surface area contributed by atoms with Gasteiger partial charge in [0.25, 0.3) is 0 Å². The van der Waals surface area contributed by atoms with Gasteiger partial charge in [0.2, 0.25) is 10.9 Å². The van der Waals surface area contributed by atoms with E-state index in [0.29, 0.717) is 5.69 Å². The highest BCUT2D eigenvalue weighted by molar-refractivity contribution is 7.73. The maximum Gasteiger partial charge on any atom is 0.222 e. The number of hydrogen-bond donors (Lipinski definition) is 2. The van der Waals surface area contributed by atoms with Crippen LogP contribution in [0.3, 0.4) is 0 Å². The van der Waals surface area contributed by atoms with Gasteiger partial charge in [0.05, 0.1) is 0 Å². The Bertz CT molecular complexity index is 380. The lowest BCUT2D eigenvalue weighted by molar-refractivity contribution is 0.411. The van der Waals surface area contributed by atoms with Crippen LogP contribution in [0.5, 0.6) is 0 Å². The van der Waals surface area contributed by atoms with Gasteiger partial charge < -0.3 is 0 Å². The molecule has 0 aliphatic carbocycles. The van der Waals surface area contributed by atoms with Gasteiger partial charge in [-0.3, -0.25) is 4.72 Å². The molecular formula is C11H17NO2S. The molecule has 0 spiro atoms. The van der Waals surface area contributed by atoms with Crippen molar-refractivity contribution in [1.29, 1.82) is 0 Å². The zero-order valence-corrected chi connectivity index (χ0v) is 10.2. The van der Waals surface area contributed by atoms with E-state index in [0.717, 1.165) is 6.42 Å². The Hall–Kier alpha value is -1.03. The van der Waals surface area contributed by atoms with E-state index in [1.807, 2.05) is 12.1 Å². The zero-order valence-electron chi connectivity index (χ0n) is 9.28. The van der Waals surface area contributed by atoms with Crippen LogP contribution in [-0.2, 0) is 17.3 Å². The first-order valence-electron chi connectivity index (χ1n) is 4.87. The van der Waals surface area contributed by atoms with Gasteiger partial charge in [-0.25, -0.2) is 8.42 Å².